The maximum Gasteiger partial charge on any atom is 0.233 e. The van der Waals surface area contributed by atoms with Crippen LogP contribution in [0.2, 0.25) is 0 Å². The van der Waals surface area contributed by atoms with E-state index in [1.165, 1.54) is 12.1 Å². The molecular formula is C22H27FN4O2. The summed E-state index contributed by atoms with van der Waals surface area (Å²) < 4.78 is 19.6. The number of halogens is 1. The van der Waals surface area contributed by atoms with E-state index in [9.17, 15) is 9.18 Å². The first-order chi connectivity index (χ1) is 14.0. The van der Waals surface area contributed by atoms with Crippen molar-refractivity contribution in [3.63, 3.8) is 0 Å². The lowest BCUT2D eigenvalue weighted by atomic mass is 9.72. The maximum atomic E-state index is 14.0. The molecule has 0 unspecified atom stereocenters. The Bertz CT molecular complexity index is 883. The van der Waals surface area contributed by atoms with Crippen LogP contribution in [-0.2, 0) is 14.9 Å². The molecule has 4 rings (SSSR count). The van der Waals surface area contributed by atoms with Crippen molar-refractivity contribution in [1.29, 1.82) is 0 Å². The van der Waals surface area contributed by atoms with Crippen molar-refractivity contribution >= 4 is 11.7 Å². The maximum absolute atomic E-state index is 14.0. The average Bonchev–Trinajstić information content (AvgIpc) is 3.23. The van der Waals surface area contributed by atoms with Crippen molar-refractivity contribution in [2.24, 2.45) is 0 Å². The van der Waals surface area contributed by atoms with Crippen molar-refractivity contribution in [3.05, 3.63) is 53.7 Å². The first kappa shape index (κ1) is 19.8. The molecule has 0 spiro atoms. The molecule has 2 aliphatic rings. The zero-order chi connectivity index (χ0) is 20.4. The number of aromatic nitrogens is 2. The molecule has 2 saturated heterocycles. The summed E-state index contributed by atoms with van der Waals surface area (Å²) in [5, 5.41) is 0. The third kappa shape index (κ3) is 3.71. The number of hydrogen-bond acceptors (Lipinski definition) is 5. The summed E-state index contributed by atoms with van der Waals surface area (Å²) in [7, 11) is 3.85. The molecule has 1 aromatic heterocycles. The Balaban J connectivity index is 1.69. The van der Waals surface area contributed by atoms with Crippen LogP contribution in [0.5, 0.6) is 0 Å². The highest BCUT2D eigenvalue weighted by atomic mass is 19.1. The molecule has 0 aliphatic carbocycles. The molecular weight excluding hydrogens is 371 g/mol. The summed E-state index contributed by atoms with van der Waals surface area (Å²) in [6.07, 6.45) is 6.36. The summed E-state index contributed by atoms with van der Waals surface area (Å²) in [4.78, 5) is 26.8. The van der Waals surface area contributed by atoms with Gasteiger partial charge in [0.25, 0.3) is 0 Å². The second-order valence-corrected chi connectivity index (χ2v) is 8.06. The summed E-state index contributed by atoms with van der Waals surface area (Å²) in [5.41, 5.74) is 0.795. The monoisotopic (exact) mass is 398 g/mol. The number of hydrogen-bond donors (Lipinski definition) is 0. The van der Waals surface area contributed by atoms with E-state index in [1.807, 2.05) is 30.0 Å². The highest BCUT2D eigenvalue weighted by Crippen LogP contribution is 2.41. The van der Waals surface area contributed by atoms with Gasteiger partial charge >= 0.3 is 0 Å². The van der Waals surface area contributed by atoms with Gasteiger partial charge in [-0.25, -0.2) is 9.37 Å². The molecule has 0 bridgehead atoms. The first-order valence-electron chi connectivity index (χ1n) is 10.2. The summed E-state index contributed by atoms with van der Waals surface area (Å²) in [6, 6.07) is 6.36. The van der Waals surface area contributed by atoms with E-state index in [1.54, 1.807) is 18.5 Å². The molecule has 6 nitrogen and oxygen atoms in total. The fraction of sp³-hybridized carbons (Fsp3) is 0.500. The minimum atomic E-state index is -0.754. The number of amides is 1. The van der Waals surface area contributed by atoms with Crippen molar-refractivity contribution in [1.82, 2.24) is 14.9 Å². The van der Waals surface area contributed by atoms with Crippen LogP contribution < -0.4 is 4.90 Å². The van der Waals surface area contributed by atoms with Crippen LogP contribution in [0.4, 0.5) is 10.2 Å². The molecule has 2 aliphatic heterocycles. The van der Waals surface area contributed by atoms with Crippen LogP contribution in [0.15, 0.2) is 36.7 Å². The van der Waals surface area contributed by atoms with Gasteiger partial charge in [0, 0.05) is 33.9 Å². The lowest BCUT2D eigenvalue weighted by Gasteiger charge is -2.40. The molecule has 1 atom stereocenters. The number of benzene rings is 1. The Kier molecular flexibility index (Phi) is 5.50. The predicted octanol–water partition coefficient (Wildman–Crippen LogP) is 3.09. The fourth-order valence-corrected chi connectivity index (χ4v) is 4.47. The van der Waals surface area contributed by atoms with Crippen LogP contribution in [0.3, 0.4) is 0 Å². The Morgan fingerprint density at radius 1 is 1.28 bits per heavy atom. The molecule has 7 heteroatoms. The lowest BCUT2D eigenvalue weighted by molar-refractivity contribution is -0.142. The van der Waals surface area contributed by atoms with Crippen molar-refractivity contribution in [2.75, 3.05) is 38.8 Å². The van der Waals surface area contributed by atoms with E-state index < -0.39 is 5.41 Å². The van der Waals surface area contributed by atoms with E-state index >= 15 is 0 Å². The van der Waals surface area contributed by atoms with Gasteiger partial charge in [-0.15, -0.1) is 0 Å². The number of carbonyl (C=O) groups is 1. The smallest absolute Gasteiger partial charge is 0.233 e. The van der Waals surface area contributed by atoms with E-state index in [0.29, 0.717) is 32.6 Å². The molecule has 2 aromatic rings. The highest BCUT2D eigenvalue weighted by molar-refractivity contribution is 5.89. The summed E-state index contributed by atoms with van der Waals surface area (Å²) in [5.74, 6) is 0.502. The molecule has 2 fully saturated rings. The topological polar surface area (TPSA) is 58.6 Å². The van der Waals surface area contributed by atoms with Gasteiger partial charge < -0.3 is 14.5 Å². The first-order valence-corrected chi connectivity index (χ1v) is 10.2. The van der Waals surface area contributed by atoms with Crippen LogP contribution in [0, 0.1) is 5.82 Å². The number of rotatable bonds is 4. The minimum Gasteiger partial charge on any atom is -0.381 e. The Morgan fingerprint density at radius 3 is 2.79 bits per heavy atom. The summed E-state index contributed by atoms with van der Waals surface area (Å²) in [6.45, 7) is 1.67. The molecule has 0 radical (unpaired) electrons. The molecule has 154 valence electrons. The van der Waals surface area contributed by atoms with Gasteiger partial charge in [-0.2, -0.15) is 0 Å². The van der Waals surface area contributed by atoms with Crippen molar-refractivity contribution < 1.29 is 13.9 Å². The lowest BCUT2D eigenvalue weighted by Crippen LogP contribution is -2.49. The molecule has 1 amide bonds. The Hall–Kier alpha value is -2.54. The normalized spacial score (nSPS) is 21.2. The fourth-order valence-electron chi connectivity index (χ4n) is 4.47. The average molecular weight is 398 g/mol. The quantitative estimate of drug-likeness (QED) is 0.792. The standard InChI is InChI=1S/C22H27FN4O2/c1-26(2)20-15-24-14-18(25-20)19-7-4-10-27(19)21(28)22(8-11-29-12-9-22)16-5-3-6-17(23)13-16/h3,5-6,13-15,19H,4,7-12H2,1-2H3/t19-/m0/s1. The van der Waals surface area contributed by atoms with E-state index in [-0.39, 0.29) is 17.8 Å². The molecule has 29 heavy (non-hydrogen) atoms. The van der Waals surface area contributed by atoms with Crippen LogP contribution in [0.1, 0.15) is 43.0 Å². The Labute approximate surface area is 170 Å². The zero-order valence-corrected chi connectivity index (χ0v) is 17.0. The number of ether oxygens (including phenoxy) is 1. The van der Waals surface area contributed by atoms with Gasteiger partial charge in [-0.3, -0.25) is 9.78 Å². The van der Waals surface area contributed by atoms with Gasteiger partial charge in [-0.05, 0) is 43.4 Å². The third-order valence-electron chi connectivity index (χ3n) is 6.09. The van der Waals surface area contributed by atoms with E-state index in [0.717, 1.165) is 29.9 Å². The number of carbonyl (C=O) groups excluding carboxylic acids is 1. The van der Waals surface area contributed by atoms with Crippen LogP contribution in [-0.4, -0.2) is 54.6 Å². The number of nitrogens with zero attached hydrogens (tertiary/aromatic N) is 4. The molecule has 1 aromatic carbocycles. The SMILES string of the molecule is CN(C)c1cncc([C@@H]2CCCN2C(=O)C2(c3cccc(F)c3)CCOCC2)n1. The van der Waals surface area contributed by atoms with Crippen molar-refractivity contribution in [3.8, 4) is 0 Å². The van der Waals surface area contributed by atoms with Gasteiger partial charge in [0.1, 0.15) is 11.6 Å². The van der Waals surface area contributed by atoms with Gasteiger partial charge in [0.05, 0.1) is 29.5 Å². The van der Waals surface area contributed by atoms with Gasteiger partial charge in [0.15, 0.2) is 0 Å². The Morgan fingerprint density at radius 2 is 2.07 bits per heavy atom. The van der Waals surface area contributed by atoms with Gasteiger partial charge in [-0.1, -0.05) is 12.1 Å². The van der Waals surface area contributed by atoms with Gasteiger partial charge in [0.2, 0.25) is 5.91 Å². The zero-order valence-electron chi connectivity index (χ0n) is 17.0. The van der Waals surface area contributed by atoms with Crippen LogP contribution >= 0.6 is 0 Å². The van der Waals surface area contributed by atoms with Crippen LogP contribution in [0.25, 0.3) is 0 Å². The highest BCUT2D eigenvalue weighted by Gasteiger charge is 2.47. The van der Waals surface area contributed by atoms with Crippen molar-refractivity contribution in [2.45, 2.75) is 37.1 Å². The molecule has 3 heterocycles. The number of anilines is 1. The second kappa shape index (κ2) is 8.06. The molecule has 0 N–H and O–H groups in total. The van der Waals surface area contributed by atoms with E-state index in [4.69, 9.17) is 9.72 Å². The number of likely N-dealkylation sites (tertiary alicyclic amines) is 1. The van der Waals surface area contributed by atoms with E-state index in [2.05, 4.69) is 4.98 Å². The third-order valence-corrected chi connectivity index (χ3v) is 6.09. The molecule has 0 saturated carbocycles. The minimum absolute atomic E-state index is 0.0472. The largest absolute Gasteiger partial charge is 0.381 e. The second-order valence-electron chi connectivity index (χ2n) is 8.06. The summed E-state index contributed by atoms with van der Waals surface area (Å²) >= 11 is 0. The predicted molar refractivity (Wildman–Crippen MR) is 108 cm³/mol.